The highest BCUT2D eigenvalue weighted by Gasteiger charge is 2.51. The molecule has 1 aromatic heterocycles. The summed E-state index contributed by atoms with van der Waals surface area (Å²) in [6, 6.07) is -0.966. The largest absolute Gasteiger partial charge is 0.465 e. The molecule has 2 saturated heterocycles. The van der Waals surface area contributed by atoms with E-state index in [0.29, 0.717) is 21.9 Å². The fourth-order valence-electron chi connectivity index (χ4n) is 3.27. The monoisotopic (exact) mass is 364 g/mol. The summed E-state index contributed by atoms with van der Waals surface area (Å²) in [7, 11) is 1.79. The maximum Gasteiger partial charge on any atom is 0.407 e. The van der Waals surface area contributed by atoms with Gasteiger partial charge in [-0.2, -0.15) is 0 Å². The SMILES string of the molecule is CN(c1nnc(Br)s1)[C@@H]1C[C@H]2CC[C@@H]([C@@H]1F)N2C(=O)O. The predicted molar refractivity (Wildman–Crippen MR) is 76.0 cm³/mol. The molecule has 3 heterocycles. The van der Waals surface area contributed by atoms with Crippen molar-refractivity contribution in [2.24, 2.45) is 0 Å². The van der Waals surface area contributed by atoms with Gasteiger partial charge in [-0.15, -0.1) is 10.2 Å². The number of carbonyl (C=O) groups is 1. The van der Waals surface area contributed by atoms with Crippen molar-refractivity contribution in [3.05, 3.63) is 3.92 Å². The third kappa shape index (κ3) is 2.16. The average molecular weight is 365 g/mol. The molecule has 3 rings (SSSR count). The van der Waals surface area contributed by atoms with Crippen LogP contribution in [-0.2, 0) is 0 Å². The summed E-state index contributed by atoms with van der Waals surface area (Å²) in [5.74, 6) is 0. The van der Waals surface area contributed by atoms with E-state index >= 15 is 0 Å². The molecule has 2 fully saturated rings. The third-order valence-corrected chi connectivity index (χ3v) is 5.65. The molecule has 2 bridgehead atoms. The molecule has 0 saturated carbocycles. The van der Waals surface area contributed by atoms with E-state index in [4.69, 9.17) is 0 Å². The number of hydrogen-bond donors (Lipinski definition) is 1. The van der Waals surface area contributed by atoms with Gasteiger partial charge in [-0.1, -0.05) is 11.3 Å². The molecule has 9 heteroatoms. The summed E-state index contributed by atoms with van der Waals surface area (Å²) in [6.45, 7) is 0. The molecule has 0 unspecified atom stereocenters. The maximum atomic E-state index is 14.7. The molecule has 0 radical (unpaired) electrons. The molecule has 1 aromatic rings. The number of aromatic nitrogens is 2. The van der Waals surface area contributed by atoms with Crippen LogP contribution in [0.15, 0.2) is 3.92 Å². The first-order valence-electron chi connectivity index (χ1n) is 6.36. The standard InChI is InChI=1S/C11H14BrFN4O2S/c1-16(10-15-14-9(12)20-10)7-4-5-2-3-6(8(7)13)17(5)11(18)19/h5-8H,2-4H2,1H3,(H,18,19)/t5-,6+,7-,8+/m1/s1. The second-order valence-corrected chi connectivity index (χ2v) is 7.42. The van der Waals surface area contributed by atoms with E-state index in [2.05, 4.69) is 26.1 Å². The lowest BCUT2D eigenvalue weighted by atomic mass is 9.95. The third-order valence-electron chi connectivity index (χ3n) is 4.20. The van der Waals surface area contributed by atoms with Crippen LogP contribution >= 0.6 is 27.3 Å². The van der Waals surface area contributed by atoms with Crippen LogP contribution in [0.4, 0.5) is 14.3 Å². The molecule has 110 valence electrons. The number of amides is 1. The highest BCUT2D eigenvalue weighted by atomic mass is 79.9. The van der Waals surface area contributed by atoms with E-state index < -0.39 is 18.3 Å². The lowest BCUT2D eigenvalue weighted by molar-refractivity contribution is 0.0491. The Morgan fingerprint density at radius 2 is 2.30 bits per heavy atom. The summed E-state index contributed by atoms with van der Waals surface area (Å²) in [4.78, 5) is 14.3. The number of alkyl halides is 1. The first-order valence-corrected chi connectivity index (χ1v) is 7.97. The predicted octanol–water partition coefficient (Wildman–Crippen LogP) is 2.36. The Morgan fingerprint density at radius 1 is 1.55 bits per heavy atom. The highest BCUT2D eigenvalue weighted by Crippen LogP contribution is 2.40. The van der Waals surface area contributed by atoms with Gasteiger partial charge in [-0.25, -0.2) is 9.18 Å². The second-order valence-electron chi connectivity index (χ2n) is 5.18. The first kappa shape index (κ1) is 14.0. The minimum atomic E-state index is -1.20. The molecule has 0 aliphatic carbocycles. The van der Waals surface area contributed by atoms with Crippen LogP contribution in [-0.4, -0.2) is 57.6 Å². The first-order chi connectivity index (χ1) is 9.49. The molecule has 0 spiro atoms. The Morgan fingerprint density at radius 3 is 2.90 bits per heavy atom. The maximum absolute atomic E-state index is 14.7. The molecule has 2 aliphatic rings. The van der Waals surface area contributed by atoms with E-state index in [9.17, 15) is 14.3 Å². The fourth-order valence-corrected chi connectivity index (χ4v) is 4.38. The zero-order valence-corrected chi connectivity index (χ0v) is 13.1. The Labute approximate surface area is 127 Å². The van der Waals surface area contributed by atoms with Gasteiger partial charge in [0.05, 0.1) is 12.1 Å². The topological polar surface area (TPSA) is 69.6 Å². The highest BCUT2D eigenvalue weighted by molar-refractivity contribution is 9.11. The lowest BCUT2D eigenvalue weighted by Gasteiger charge is -2.42. The number of anilines is 1. The lowest BCUT2D eigenvalue weighted by Crippen LogP contribution is -2.58. The van der Waals surface area contributed by atoms with Gasteiger partial charge >= 0.3 is 6.09 Å². The van der Waals surface area contributed by atoms with Crippen molar-refractivity contribution in [2.45, 2.75) is 43.6 Å². The van der Waals surface area contributed by atoms with Gasteiger partial charge in [0.15, 0.2) is 3.92 Å². The molecule has 0 aromatic carbocycles. The van der Waals surface area contributed by atoms with Crippen molar-refractivity contribution in [3.8, 4) is 0 Å². The van der Waals surface area contributed by atoms with Crippen LogP contribution in [0.1, 0.15) is 19.3 Å². The van der Waals surface area contributed by atoms with Crippen LogP contribution in [0.5, 0.6) is 0 Å². The van der Waals surface area contributed by atoms with Crippen LogP contribution < -0.4 is 4.90 Å². The smallest absolute Gasteiger partial charge is 0.407 e. The van der Waals surface area contributed by atoms with E-state index in [1.165, 1.54) is 16.2 Å². The summed E-state index contributed by atoms with van der Waals surface area (Å²) in [6.07, 6.45) is -0.376. The summed E-state index contributed by atoms with van der Waals surface area (Å²) in [5.41, 5.74) is 0. The average Bonchev–Trinajstić information content (AvgIpc) is 2.97. The van der Waals surface area contributed by atoms with Crippen molar-refractivity contribution < 1.29 is 14.3 Å². The van der Waals surface area contributed by atoms with E-state index in [0.717, 1.165) is 6.42 Å². The van der Waals surface area contributed by atoms with Crippen molar-refractivity contribution in [3.63, 3.8) is 0 Å². The number of hydrogen-bond acceptors (Lipinski definition) is 5. The van der Waals surface area contributed by atoms with Gasteiger partial charge in [0, 0.05) is 13.1 Å². The van der Waals surface area contributed by atoms with Crippen LogP contribution in [0.3, 0.4) is 0 Å². The van der Waals surface area contributed by atoms with E-state index in [1.54, 1.807) is 11.9 Å². The van der Waals surface area contributed by atoms with Gasteiger partial charge in [-0.3, -0.25) is 4.90 Å². The quantitative estimate of drug-likeness (QED) is 0.872. The minimum absolute atomic E-state index is 0.0895. The number of rotatable bonds is 2. The minimum Gasteiger partial charge on any atom is -0.465 e. The van der Waals surface area contributed by atoms with Crippen LogP contribution in [0.2, 0.25) is 0 Å². The van der Waals surface area contributed by atoms with Crippen molar-refractivity contribution in [1.82, 2.24) is 15.1 Å². The Bertz CT molecular complexity index is 530. The van der Waals surface area contributed by atoms with Gasteiger partial charge in [0.1, 0.15) is 6.17 Å². The zero-order chi connectivity index (χ0) is 14.4. The van der Waals surface area contributed by atoms with Gasteiger partial charge in [0.2, 0.25) is 5.13 Å². The molecule has 2 aliphatic heterocycles. The summed E-state index contributed by atoms with van der Waals surface area (Å²) in [5, 5.41) is 17.7. The van der Waals surface area contributed by atoms with Crippen molar-refractivity contribution >= 4 is 38.5 Å². The number of nitrogens with zero attached hydrogens (tertiary/aromatic N) is 4. The fraction of sp³-hybridized carbons (Fsp3) is 0.727. The van der Waals surface area contributed by atoms with E-state index in [1.807, 2.05) is 0 Å². The molecule has 1 amide bonds. The molecule has 1 N–H and O–H groups in total. The van der Waals surface area contributed by atoms with Gasteiger partial charge in [-0.05, 0) is 35.2 Å². The molecular formula is C11H14BrFN4O2S. The zero-order valence-electron chi connectivity index (χ0n) is 10.7. The van der Waals surface area contributed by atoms with Crippen LogP contribution in [0, 0.1) is 0 Å². The second kappa shape index (κ2) is 5.10. The van der Waals surface area contributed by atoms with Crippen molar-refractivity contribution in [2.75, 3.05) is 11.9 Å². The number of halogens is 2. The molecular weight excluding hydrogens is 351 g/mol. The van der Waals surface area contributed by atoms with Crippen molar-refractivity contribution in [1.29, 1.82) is 0 Å². The normalized spacial score (nSPS) is 32.5. The molecule has 4 atom stereocenters. The van der Waals surface area contributed by atoms with Gasteiger partial charge in [0.25, 0.3) is 0 Å². The summed E-state index contributed by atoms with van der Waals surface area (Å²) >= 11 is 4.59. The molecule has 6 nitrogen and oxygen atoms in total. The van der Waals surface area contributed by atoms with Gasteiger partial charge < -0.3 is 10.0 Å². The Hall–Kier alpha value is -0.960. The Balaban J connectivity index is 1.81. The summed E-state index contributed by atoms with van der Waals surface area (Å²) < 4.78 is 15.3. The number of piperidine rings is 1. The number of carboxylic acid groups (broad SMARTS) is 1. The van der Waals surface area contributed by atoms with E-state index in [-0.39, 0.29) is 12.1 Å². The Kier molecular flexibility index (Phi) is 3.57. The number of fused-ring (bicyclic) bond motifs is 2. The molecule has 20 heavy (non-hydrogen) atoms. The van der Waals surface area contributed by atoms with Crippen LogP contribution in [0.25, 0.3) is 0 Å².